The molecule has 0 radical (unpaired) electrons. The van der Waals surface area contributed by atoms with Gasteiger partial charge in [0, 0.05) is 23.6 Å². The minimum Gasteiger partial charge on any atom is -0.334 e. The van der Waals surface area contributed by atoms with Crippen LogP contribution in [0.25, 0.3) is 11.0 Å². The van der Waals surface area contributed by atoms with Crippen molar-refractivity contribution < 1.29 is 4.79 Å². The van der Waals surface area contributed by atoms with Gasteiger partial charge in [-0.15, -0.1) is 0 Å². The lowest BCUT2D eigenvalue weighted by molar-refractivity contribution is -0.111. The first kappa shape index (κ1) is 12.5. The fourth-order valence-corrected chi connectivity index (χ4v) is 4.53. The molecule has 5 heteroatoms. The van der Waals surface area contributed by atoms with E-state index in [1.54, 1.807) is 6.07 Å². The van der Waals surface area contributed by atoms with Crippen molar-refractivity contribution in [2.75, 3.05) is 6.54 Å². The Kier molecular flexibility index (Phi) is 2.29. The number of rotatable bonds is 2. The van der Waals surface area contributed by atoms with Crippen molar-refractivity contribution in [3.05, 3.63) is 34.2 Å². The molecular weight excluding hydrogens is 278 g/mol. The number of benzene rings is 1. The van der Waals surface area contributed by atoms with E-state index in [9.17, 15) is 9.59 Å². The highest BCUT2D eigenvalue weighted by molar-refractivity contribution is 5.98. The maximum atomic E-state index is 12.9. The van der Waals surface area contributed by atoms with Gasteiger partial charge in [-0.25, -0.2) is 4.79 Å². The third-order valence-electron chi connectivity index (χ3n) is 5.89. The highest BCUT2D eigenvalue weighted by Gasteiger charge is 2.61. The highest BCUT2D eigenvalue weighted by atomic mass is 16.2. The van der Waals surface area contributed by atoms with E-state index in [-0.39, 0.29) is 11.6 Å². The summed E-state index contributed by atoms with van der Waals surface area (Å²) >= 11 is 0. The molecule has 5 nitrogen and oxygen atoms in total. The van der Waals surface area contributed by atoms with E-state index in [4.69, 9.17) is 0 Å². The minimum atomic E-state index is -0.229. The molecule has 3 fully saturated rings. The third kappa shape index (κ3) is 1.59. The number of H-pyrrole nitrogens is 2. The molecule has 2 aromatic rings. The lowest BCUT2D eigenvalue weighted by Crippen LogP contribution is -2.69. The summed E-state index contributed by atoms with van der Waals surface area (Å²) in [6.45, 7) is 0.925. The molecule has 1 amide bonds. The van der Waals surface area contributed by atoms with E-state index in [0.717, 1.165) is 18.0 Å². The molecule has 1 saturated heterocycles. The molecule has 0 bridgehead atoms. The van der Waals surface area contributed by atoms with Crippen LogP contribution in [-0.2, 0) is 0 Å². The zero-order valence-corrected chi connectivity index (χ0v) is 12.4. The van der Waals surface area contributed by atoms with Crippen LogP contribution in [0.15, 0.2) is 23.0 Å². The molecule has 2 aliphatic carbocycles. The van der Waals surface area contributed by atoms with Gasteiger partial charge in [0.1, 0.15) is 0 Å². The van der Waals surface area contributed by atoms with Gasteiger partial charge in [-0.05, 0) is 49.8 Å². The number of imidazole rings is 1. The van der Waals surface area contributed by atoms with Crippen LogP contribution in [0.1, 0.15) is 42.5 Å². The second-order valence-electron chi connectivity index (χ2n) is 7.27. The van der Waals surface area contributed by atoms with E-state index in [2.05, 4.69) is 14.9 Å². The van der Waals surface area contributed by atoms with Crippen LogP contribution in [-0.4, -0.2) is 33.4 Å². The van der Waals surface area contributed by atoms with Crippen LogP contribution >= 0.6 is 0 Å². The van der Waals surface area contributed by atoms with Gasteiger partial charge in [0.2, 0.25) is 0 Å². The van der Waals surface area contributed by atoms with Crippen molar-refractivity contribution in [2.45, 2.75) is 38.1 Å². The van der Waals surface area contributed by atoms with Crippen molar-refractivity contribution >= 4 is 16.9 Å². The number of likely N-dealkylation sites (tertiary alicyclic amines) is 1. The molecule has 2 heterocycles. The number of fused-ring (bicyclic) bond motifs is 1. The van der Waals surface area contributed by atoms with Gasteiger partial charge >= 0.3 is 5.69 Å². The van der Waals surface area contributed by atoms with Gasteiger partial charge in [-0.2, -0.15) is 0 Å². The number of amides is 1. The average molecular weight is 297 g/mol. The van der Waals surface area contributed by atoms with Crippen LogP contribution in [0.4, 0.5) is 0 Å². The zero-order valence-electron chi connectivity index (χ0n) is 12.4. The van der Waals surface area contributed by atoms with Gasteiger partial charge < -0.3 is 14.9 Å². The molecule has 114 valence electrons. The Morgan fingerprint density at radius 2 is 1.95 bits per heavy atom. The Hall–Kier alpha value is -2.04. The molecule has 3 aliphatic rings. The fraction of sp³-hybridized carbons (Fsp3) is 0.529. The van der Waals surface area contributed by atoms with Crippen molar-refractivity contribution in [2.24, 2.45) is 11.3 Å². The van der Waals surface area contributed by atoms with E-state index in [0.29, 0.717) is 22.5 Å². The summed E-state index contributed by atoms with van der Waals surface area (Å²) in [4.78, 5) is 31.7. The molecule has 22 heavy (non-hydrogen) atoms. The molecule has 2 saturated carbocycles. The number of nitrogens with one attached hydrogen (secondary N) is 2. The van der Waals surface area contributed by atoms with Crippen LogP contribution in [0.2, 0.25) is 0 Å². The SMILES string of the molecule is O=C(c1ccc2[nH]c(=O)[nH]c2c1)N1CC2(CCC2)C1C1CC1. The van der Waals surface area contributed by atoms with Crippen molar-refractivity contribution in [3.8, 4) is 0 Å². The first-order valence-electron chi connectivity index (χ1n) is 8.19. The van der Waals surface area contributed by atoms with E-state index in [1.807, 2.05) is 12.1 Å². The number of nitrogens with zero attached hydrogens (tertiary/aromatic N) is 1. The topological polar surface area (TPSA) is 69.0 Å². The Morgan fingerprint density at radius 3 is 2.64 bits per heavy atom. The lowest BCUT2D eigenvalue weighted by atomic mass is 9.56. The van der Waals surface area contributed by atoms with E-state index >= 15 is 0 Å². The number of hydrogen-bond donors (Lipinski definition) is 2. The van der Waals surface area contributed by atoms with Crippen LogP contribution < -0.4 is 5.69 Å². The fourth-order valence-electron chi connectivity index (χ4n) is 4.53. The van der Waals surface area contributed by atoms with Gasteiger partial charge in [0.15, 0.2) is 0 Å². The molecule has 1 atom stereocenters. The second kappa shape index (κ2) is 4.03. The number of aromatic nitrogens is 2. The standard InChI is InChI=1S/C17H19N3O2/c21-15(11-4-5-12-13(8-11)19-16(22)18-12)20-9-17(6-1-7-17)14(20)10-2-3-10/h4-5,8,10,14H,1-3,6-7,9H2,(H2,18,19,22). The van der Waals surface area contributed by atoms with Crippen LogP contribution in [0.5, 0.6) is 0 Å². The normalized spacial score (nSPS) is 26.0. The average Bonchev–Trinajstić information content (AvgIpc) is 3.14. The molecule has 1 spiro atoms. The summed E-state index contributed by atoms with van der Waals surface area (Å²) in [7, 11) is 0. The Bertz CT molecular complexity index is 826. The Labute approximate surface area is 127 Å². The van der Waals surface area contributed by atoms with Crippen molar-refractivity contribution in [1.29, 1.82) is 0 Å². The zero-order chi connectivity index (χ0) is 14.9. The van der Waals surface area contributed by atoms with Crippen LogP contribution in [0, 0.1) is 11.3 Å². The number of carbonyl (C=O) groups is 1. The predicted octanol–water partition coefficient (Wildman–Crippen LogP) is 2.26. The van der Waals surface area contributed by atoms with Crippen molar-refractivity contribution in [3.63, 3.8) is 0 Å². The smallest absolute Gasteiger partial charge is 0.323 e. The largest absolute Gasteiger partial charge is 0.334 e. The molecule has 1 aliphatic heterocycles. The summed E-state index contributed by atoms with van der Waals surface area (Å²) in [5.74, 6) is 0.854. The first-order chi connectivity index (χ1) is 10.7. The maximum Gasteiger partial charge on any atom is 0.323 e. The van der Waals surface area contributed by atoms with Crippen molar-refractivity contribution in [1.82, 2.24) is 14.9 Å². The lowest BCUT2D eigenvalue weighted by Gasteiger charge is -2.63. The number of hydrogen-bond acceptors (Lipinski definition) is 2. The molecule has 1 aromatic carbocycles. The minimum absolute atomic E-state index is 0.123. The molecule has 1 aromatic heterocycles. The van der Waals surface area contributed by atoms with Gasteiger partial charge in [0.25, 0.3) is 5.91 Å². The first-order valence-corrected chi connectivity index (χ1v) is 8.19. The molecule has 2 N–H and O–H groups in total. The summed E-state index contributed by atoms with van der Waals surface area (Å²) < 4.78 is 0. The molecule has 5 rings (SSSR count). The third-order valence-corrected chi connectivity index (χ3v) is 5.89. The second-order valence-corrected chi connectivity index (χ2v) is 7.27. The highest BCUT2D eigenvalue weighted by Crippen LogP contribution is 2.59. The number of carbonyl (C=O) groups excluding carboxylic acids is 1. The molecular formula is C17H19N3O2. The quantitative estimate of drug-likeness (QED) is 0.892. The van der Waals surface area contributed by atoms with Gasteiger partial charge in [-0.3, -0.25) is 4.79 Å². The van der Waals surface area contributed by atoms with Gasteiger partial charge in [-0.1, -0.05) is 6.42 Å². The maximum absolute atomic E-state index is 12.9. The van der Waals surface area contributed by atoms with Crippen LogP contribution in [0.3, 0.4) is 0 Å². The monoisotopic (exact) mass is 297 g/mol. The number of aromatic amines is 2. The summed E-state index contributed by atoms with van der Waals surface area (Å²) in [5.41, 5.74) is 2.36. The molecule has 1 unspecified atom stereocenters. The summed E-state index contributed by atoms with van der Waals surface area (Å²) in [6, 6.07) is 5.90. The van der Waals surface area contributed by atoms with E-state index < -0.39 is 0 Å². The summed E-state index contributed by atoms with van der Waals surface area (Å²) in [6.07, 6.45) is 6.47. The Morgan fingerprint density at radius 1 is 1.18 bits per heavy atom. The van der Waals surface area contributed by atoms with E-state index in [1.165, 1.54) is 32.1 Å². The predicted molar refractivity (Wildman–Crippen MR) is 82.8 cm³/mol. The Balaban J connectivity index is 1.46. The summed E-state index contributed by atoms with van der Waals surface area (Å²) in [5, 5.41) is 0. The van der Waals surface area contributed by atoms with Gasteiger partial charge in [0.05, 0.1) is 11.0 Å².